The number of benzene rings is 2. The highest BCUT2D eigenvalue weighted by Crippen LogP contribution is 2.18. The number of anilines is 1. The molecule has 0 amide bonds. The third-order valence-corrected chi connectivity index (χ3v) is 3.53. The molecule has 106 valence electrons. The van der Waals surface area contributed by atoms with E-state index in [0.29, 0.717) is 12.1 Å². The van der Waals surface area contributed by atoms with E-state index in [1.54, 1.807) is 12.1 Å². The van der Waals surface area contributed by atoms with Crippen LogP contribution in [0.5, 0.6) is 0 Å². The van der Waals surface area contributed by atoms with Crippen molar-refractivity contribution in [3.05, 3.63) is 63.9 Å². The lowest BCUT2D eigenvalue weighted by atomic mass is 10.1. The summed E-state index contributed by atoms with van der Waals surface area (Å²) in [6.07, 6.45) is 1.60. The Balaban J connectivity index is 2.01. The summed E-state index contributed by atoms with van der Waals surface area (Å²) in [6.45, 7) is 0.635. The number of rotatable bonds is 6. The normalized spacial score (nSPS) is 10.6. The Kier molecular flexibility index (Phi) is 5.56. The van der Waals surface area contributed by atoms with Gasteiger partial charge in [0.2, 0.25) is 0 Å². The molecular formula is C16H17BrFNO. The van der Waals surface area contributed by atoms with E-state index in [1.807, 2.05) is 24.3 Å². The number of halogens is 2. The molecule has 0 heterocycles. The zero-order valence-corrected chi connectivity index (χ0v) is 12.7. The van der Waals surface area contributed by atoms with Crippen LogP contribution in [0.2, 0.25) is 0 Å². The van der Waals surface area contributed by atoms with Crippen LogP contribution in [0.4, 0.5) is 10.1 Å². The van der Waals surface area contributed by atoms with Gasteiger partial charge in [-0.25, -0.2) is 4.39 Å². The van der Waals surface area contributed by atoms with E-state index >= 15 is 0 Å². The summed E-state index contributed by atoms with van der Waals surface area (Å²) in [6, 6.07) is 12.9. The van der Waals surface area contributed by atoms with Crippen molar-refractivity contribution in [2.45, 2.75) is 19.4 Å². The van der Waals surface area contributed by atoms with Gasteiger partial charge in [-0.2, -0.15) is 0 Å². The Hall–Kier alpha value is -1.39. The van der Waals surface area contributed by atoms with E-state index in [0.717, 1.165) is 23.0 Å². The largest absolute Gasteiger partial charge is 0.396 e. The Morgan fingerprint density at radius 1 is 1.15 bits per heavy atom. The average Bonchev–Trinajstić information content (AvgIpc) is 2.46. The lowest BCUT2D eigenvalue weighted by Gasteiger charge is -2.09. The average molecular weight is 338 g/mol. The van der Waals surface area contributed by atoms with Crippen LogP contribution in [0.1, 0.15) is 17.5 Å². The van der Waals surface area contributed by atoms with Crippen molar-refractivity contribution in [2.75, 3.05) is 11.9 Å². The van der Waals surface area contributed by atoms with Gasteiger partial charge in [0, 0.05) is 28.9 Å². The van der Waals surface area contributed by atoms with Crippen LogP contribution < -0.4 is 5.32 Å². The topological polar surface area (TPSA) is 32.3 Å². The van der Waals surface area contributed by atoms with Gasteiger partial charge in [0.1, 0.15) is 5.82 Å². The molecule has 0 atom stereocenters. The highest BCUT2D eigenvalue weighted by atomic mass is 79.9. The molecule has 2 N–H and O–H groups in total. The van der Waals surface area contributed by atoms with Crippen molar-refractivity contribution in [3.8, 4) is 0 Å². The van der Waals surface area contributed by atoms with E-state index in [-0.39, 0.29) is 12.4 Å². The van der Waals surface area contributed by atoms with Crippen molar-refractivity contribution in [3.63, 3.8) is 0 Å². The summed E-state index contributed by atoms with van der Waals surface area (Å²) < 4.78 is 14.5. The molecule has 0 aromatic heterocycles. The van der Waals surface area contributed by atoms with Gasteiger partial charge in [0.05, 0.1) is 0 Å². The highest BCUT2D eigenvalue weighted by molar-refractivity contribution is 9.10. The van der Waals surface area contributed by atoms with Crippen molar-refractivity contribution < 1.29 is 9.50 Å². The molecule has 0 saturated carbocycles. The van der Waals surface area contributed by atoms with Crippen molar-refractivity contribution >= 4 is 21.6 Å². The van der Waals surface area contributed by atoms with Gasteiger partial charge in [0.25, 0.3) is 0 Å². The molecule has 0 spiro atoms. The van der Waals surface area contributed by atoms with Crippen molar-refractivity contribution in [1.82, 2.24) is 0 Å². The van der Waals surface area contributed by atoms with E-state index in [2.05, 4.69) is 21.2 Å². The summed E-state index contributed by atoms with van der Waals surface area (Å²) >= 11 is 3.34. The van der Waals surface area contributed by atoms with Crippen molar-refractivity contribution in [2.24, 2.45) is 0 Å². The minimum Gasteiger partial charge on any atom is -0.396 e. The number of aliphatic hydroxyl groups is 1. The highest BCUT2D eigenvalue weighted by Gasteiger charge is 2.03. The maximum Gasteiger partial charge on any atom is 0.128 e. The van der Waals surface area contributed by atoms with Crippen LogP contribution in [0, 0.1) is 5.82 Å². The number of hydrogen-bond acceptors (Lipinski definition) is 2. The fourth-order valence-corrected chi connectivity index (χ4v) is 2.40. The van der Waals surface area contributed by atoms with Crippen LogP contribution in [-0.2, 0) is 13.0 Å². The molecule has 0 radical (unpaired) electrons. The van der Waals surface area contributed by atoms with E-state index in [1.165, 1.54) is 11.6 Å². The van der Waals surface area contributed by atoms with Crippen LogP contribution >= 0.6 is 15.9 Å². The minimum atomic E-state index is -0.211. The second-order valence-corrected chi connectivity index (χ2v) is 5.53. The first kappa shape index (κ1) is 15.0. The van der Waals surface area contributed by atoms with Gasteiger partial charge in [-0.1, -0.05) is 28.1 Å². The van der Waals surface area contributed by atoms with Gasteiger partial charge >= 0.3 is 0 Å². The summed E-state index contributed by atoms with van der Waals surface area (Å²) in [7, 11) is 0. The zero-order chi connectivity index (χ0) is 14.4. The minimum absolute atomic E-state index is 0.195. The Morgan fingerprint density at radius 3 is 2.80 bits per heavy atom. The smallest absolute Gasteiger partial charge is 0.128 e. The molecule has 0 bridgehead atoms. The molecule has 2 rings (SSSR count). The first-order valence-electron chi connectivity index (χ1n) is 6.56. The molecular weight excluding hydrogens is 321 g/mol. The van der Waals surface area contributed by atoms with Gasteiger partial charge in [0.15, 0.2) is 0 Å². The summed E-state index contributed by atoms with van der Waals surface area (Å²) in [4.78, 5) is 0. The second-order valence-electron chi connectivity index (χ2n) is 4.62. The third-order valence-electron chi connectivity index (χ3n) is 3.04. The standard InChI is InChI=1S/C16H17BrFNO/c17-14-6-7-16(18)13(10-14)11-19-15-5-1-3-12(9-15)4-2-8-20/h1,3,5-7,9-10,19-20H,2,4,8,11H2. The second kappa shape index (κ2) is 7.41. The van der Waals surface area contributed by atoms with Gasteiger partial charge in [-0.05, 0) is 48.7 Å². The first-order valence-corrected chi connectivity index (χ1v) is 7.36. The molecule has 0 aliphatic carbocycles. The number of nitrogens with one attached hydrogen (secondary N) is 1. The summed E-state index contributed by atoms with van der Waals surface area (Å²) in [5.41, 5.74) is 2.75. The molecule has 0 unspecified atom stereocenters. The van der Waals surface area contributed by atoms with Crippen molar-refractivity contribution in [1.29, 1.82) is 0 Å². The maximum atomic E-state index is 13.6. The van der Waals surface area contributed by atoms with Gasteiger partial charge in [-0.15, -0.1) is 0 Å². The molecule has 4 heteroatoms. The molecule has 2 aromatic rings. The number of hydrogen-bond donors (Lipinski definition) is 2. The molecule has 2 aromatic carbocycles. The van der Waals surface area contributed by atoms with Gasteiger partial charge < -0.3 is 10.4 Å². The van der Waals surface area contributed by atoms with Crippen LogP contribution in [-0.4, -0.2) is 11.7 Å². The predicted molar refractivity (Wildman–Crippen MR) is 83.3 cm³/mol. The lowest BCUT2D eigenvalue weighted by Crippen LogP contribution is -2.02. The van der Waals surface area contributed by atoms with Gasteiger partial charge in [-0.3, -0.25) is 0 Å². The van der Waals surface area contributed by atoms with Crippen LogP contribution in [0.25, 0.3) is 0 Å². The molecule has 0 saturated heterocycles. The Morgan fingerprint density at radius 2 is 2.00 bits per heavy atom. The molecule has 0 aliphatic heterocycles. The molecule has 0 fully saturated rings. The summed E-state index contributed by atoms with van der Waals surface area (Å²) in [5, 5.41) is 12.1. The van der Waals surface area contributed by atoms with E-state index in [4.69, 9.17) is 5.11 Å². The lowest BCUT2D eigenvalue weighted by molar-refractivity contribution is 0.288. The monoisotopic (exact) mass is 337 g/mol. The Labute approximate surface area is 126 Å². The quantitative estimate of drug-likeness (QED) is 0.830. The van der Waals surface area contributed by atoms with E-state index in [9.17, 15) is 4.39 Å². The third kappa shape index (κ3) is 4.32. The number of aryl methyl sites for hydroxylation is 1. The number of aliphatic hydroxyl groups excluding tert-OH is 1. The fraction of sp³-hybridized carbons (Fsp3) is 0.250. The van der Waals surface area contributed by atoms with Crippen LogP contribution in [0.3, 0.4) is 0 Å². The SMILES string of the molecule is OCCCc1cccc(NCc2cc(Br)ccc2F)c1. The maximum absolute atomic E-state index is 13.6. The van der Waals surface area contributed by atoms with E-state index < -0.39 is 0 Å². The first-order chi connectivity index (χ1) is 9.69. The fourth-order valence-electron chi connectivity index (χ4n) is 2.00. The zero-order valence-electron chi connectivity index (χ0n) is 11.1. The molecule has 2 nitrogen and oxygen atoms in total. The molecule has 0 aliphatic rings. The summed E-state index contributed by atoms with van der Waals surface area (Å²) in [5.74, 6) is -0.211. The van der Waals surface area contributed by atoms with Crippen LogP contribution in [0.15, 0.2) is 46.9 Å². The molecule has 20 heavy (non-hydrogen) atoms. The predicted octanol–water partition coefficient (Wildman–Crippen LogP) is 4.13. The Bertz CT molecular complexity index is 574.